The molecule has 0 spiro atoms. The quantitative estimate of drug-likeness (QED) is 0.153. The molecule has 0 aliphatic carbocycles. The van der Waals surface area contributed by atoms with Crippen molar-refractivity contribution in [2.45, 2.75) is 13.1 Å². The Kier molecular flexibility index (Phi) is 6.66. The second kappa shape index (κ2) is 10.1. The van der Waals surface area contributed by atoms with Crippen molar-refractivity contribution in [1.29, 1.82) is 0 Å². The minimum atomic E-state index is -4.69. The number of benzene rings is 3. The molecule has 13 heteroatoms. The molecular formula is C26H17F3N6O3S. The molecule has 9 nitrogen and oxygen atoms in total. The highest BCUT2D eigenvalue weighted by Crippen LogP contribution is 2.34. The maximum absolute atomic E-state index is 13.6. The minimum absolute atomic E-state index is 0.0539. The smallest absolute Gasteiger partial charge is 0.266 e. The first-order valence-electron chi connectivity index (χ1n) is 11.3. The summed E-state index contributed by atoms with van der Waals surface area (Å²) in [4.78, 5) is 27.3. The highest BCUT2D eigenvalue weighted by atomic mass is 32.1. The van der Waals surface area contributed by atoms with Crippen LogP contribution in [-0.4, -0.2) is 31.3 Å². The Morgan fingerprint density at radius 3 is 2.56 bits per heavy atom. The number of amides is 1. The Morgan fingerprint density at radius 1 is 1.05 bits per heavy atom. The first-order chi connectivity index (χ1) is 18.6. The Bertz CT molecular complexity index is 1760. The molecular weight excluding hydrogens is 533 g/mol. The molecule has 0 saturated heterocycles. The number of nitrogens with zero attached hydrogens (tertiary/aromatic N) is 5. The molecule has 1 amide bonds. The van der Waals surface area contributed by atoms with E-state index in [1.807, 2.05) is 24.3 Å². The number of nitrogens with one attached hydrogen (secondary N) is 1. The lowest BCUT2D eigenvalue weighted by atomic mass is 10.0. The predicted molar refractivity (Wildman–Crippen MR) is 140 cm³/mol. The van der Waals surface area contributed by atoms with E-state index in [0.717, 1.165) is 32.9 Å². The van der Waals surface area contributed by atoms with E-state index in [2.05, 4.69) is 20.6 Å². The maximum Gasteiger partial charge on any atom is 0.435 e. The third kappa shape index (κ3) is 5.38. The fourth-order valence-electron chi connectivity index (χ4n) is 3.79. The molecule has 196 valence electrons. The van der Waals surface area contributed by atoms with E-state index in [1.54, 1.807) is 31.2 Å². The Morgan fingerprint density at radius 2 is 1.82 bits per heavy atom. The molecule has 0 atom stereocenters. The number of alkyl halides is 3. The standard InChI is InChI=1S/C26H17F3N6O3S/c1-15(17-7-4-8-20(12-17)35(37)38)31-32-24(36)21-14-39-25(30-21)34-22(13-23(33-34)26(27,28)29)19-10-9-16-5-2-3-6-18(16)11-19/h2-14H,1H3,(H,32,36)/b31-15+. The van der Waals surface area contributed by atoms with E-state index in [1.165, 1.54) is 23.6 Å². The second-order valence-electron chi connectivity index (χ2n) is 8.35. The average molecular weight is 551 g/mol. The van der Waals surface area contributed by atoms with Crippen LogP contribution in [0.15, 0.2) is 83.3 Å². The van der Waals surface area contributed by atoms with Gasteiger partial charge in [0.25, 0.3) is 11.6 Å². The number of thiazole rings is 1. The van der Waals surface area contributed by atoms with E-state index in [0.29, 0.717) is 16.8 Å². The Hall–Kier alpha value is -4.91. The number of rotatable bonds is 6. The van der Waals surface area contributed by atoms with Crippen molar-refractivity contribution in [2.75, 3.05) is 0 Å². The summed E-state index contributed by atoms with van der Waals surface area (Å²) in [5.41, 5.74) is 2.41. The van der Waals surface area contributed by atoms with Crippen molar-refractivity contribution < 1.29 is 22.9 Å². The first kappa shape index (κ1) is 25.7. The van der Waals surface area contributed by atoms with Gasteiger partial charge in [0.1, 0.15) is 5.69 Å². The summed E-state index contributed by atoms with van der Waals surface area (Å²) in [6, 6.07) is 19.4. The van der Waals surface area contributed by atoms with Gasteiger partial charge in [0.15, 0.2) is 5.69 Å². The van der Waals surface area contributed by atoms with Crippen LogP contribution in [0.25, 0.3) is 27.2 Å². The molecule has 2 heterocycles. The normalized spacial score (nSPS) is 12.1. The third-order valence-corrected chi connectivity index (χ3v) is 6.57. The number of hydrogen-bond acceptors (Lipinski definition) is 7. The van der Waals surface area contributed by atoms with E-state index in [9.17, 15) is 28.1 Å². The lowest BCUT2D eigenvalue weighted by Gasteiger charge is -2.06. The van der Waals surface area contributed by atoms with Crippen molar-refractivity contribution in [3.8, 4) is 16.4 Å². The van der Waals surface area contributed by atoms with Gasteiger partial charge in [0, 0.05) is 28.6 Å². The number of hydrogen-bond donors (Lipinski definition) is 1. The summed E-state index contributed by atoms with van der Waals surface area (Å²) in [6.07, 6.45) is -4.69. The highest BCUT2D eigenvalue weighted by Gasteiger charge is 2.35. The Labute approximate surface area is 222 Å². The summed E-state index contributed by atoms with van der Waals surface area (Å²) < 4.78 is 41.8. The van der Waals surface area contributed by atoms with Crippen molar-refractivity contribution in [1.82, 2.24) is 20.2 Å². The van der Waals surface area contributed by atoms with Gasteiger partial charge in [-0.15, -0.1) is 11.3 Å². The van der Waals surface area contributed by atoms with Gasteiger partial charge in [0.05, 0.1) is 16.3 Å². The lowest BCUT2D eigenvalue weighted by molar-refractivity contribution is -0.384. The van der Waals surface area contributed by atoms with Gasteiger partial charge in [-0.25, -0.2) is 15.1 Å². The molecule has 0 aliphatic rings. The zero-order chi connectivity index (χ0) is 27.7. The maximum atomic E-state index is 13.6. The molecule has 0 saturated carbocycles. The van der Waals surface area contributed by atoms with Gasteiger partial charge in [0.2, 0.25) is 5.13 Å². The number of fused-ring (bicyclic) bond motifs is 1. The monoisotopic (exact) mass is 550 g/mol. The van der Waals surface area contributed by atoms with Crippen molar-refractivity contribution >= 4 is 39.4 Å². The number of halogens is 3. The molecule has 5 rings (SSSR count). The molecule has 0 fully saturated rings. The van der Waals surface area contributed by atoms with E-state index >= 15 is 0 Å². The van der Waals surface area contributed by atoms with Gasteiger partial charge >= 0.3 is 6.18 Å². The van der Waals surface area contributed by atoms with Crippen LogP contribution < -0.4 is 5.43 Å². The average Bonchev–Trinajstić information content (AvgIpc) is 3.59. The summed E-state index contributed by atoms with van der Waals surface area (Å²) in [5.74, 6) is -0.710. The van der Waals surface area contributed by atoms with Crippen molar-refractivity contribution in [3.63, 3.8) is 0 Å². The highest BCUT2D eigenvalue weighted by molar-refractivity contribution is 7.12. The van der Waals surface area contributed by atoms with Crippen LogP contribution in [0.1, 0.15) is 28.7 Å². The number of aromatic nitrogens is 3. The minimum Gasteiger partial charge on any atom is -0.266 e. The van der Waals surface area contributed by atoms with Crippen molar-refractivity contribution in [2.24, 2.45) is 5.10 Å². The van der Waals surface area contributed by atoms with Crippen LogP contribution in [0.3, 0.4) is 0 Å². The first-order valence-corrected chi connectivity index (χ1v) is 12.2. The zero-order valence-electron chi connectivity index (χ0n) is 20.0. The number of hydrazone groups is 1. The predicted octanol–water partition coefficient (Wildman–Crippen LogP) is 6.23. The van der Waals surface area contributed by atoms with Gasteiger partial charge in [-0.2, -0.15) is 23.4 Å². The lowest BCUT2D eigenvalue weighted by Crippen LogP contribution is -2.20. The fourth-order valence-corrected chi connectivity index (χ4v) is 4.55. The molecule has 39 heavy (non-hydrogen) atoms. The molecule has 1 N–H and O–H groups in total. The van der Waals surface area contributed by atoms with Gasteiger partial charge < -0.3 is 0 Å². The van der Waals surface area contributed by atoms with Crippen LogP contribution in [0.5, 0.6) is 0 Å². The Balaban J connectivity index is 1.44. The van der Waals surface area contributed by atoms with Crippen LogP contribution in [0.2, 0.25) is 0 Å². The second-order valence-corrected chi connectivity index (χ2v) is 9.18. The molecule has 3 aromatic carbocycles. The molecule has 5 aromatic rings. The number of nitro groups is 1. The zero-order valence-corrected chi connectivity index (χ0v) is 20.8. The van der Waals surface area contributed by atoms with Crippen molar-refractivity contribution in [3.05, 3.63) is 105 Å². The van der Waals surface area contributed by atoms with E-state index < -0.39 is 22.7 Å². The number of non-ortho nitro benzene ring substituents is 1. The molecule has 0 radical (unpaired) electrons. The topological polar surface area (TPSA) is 115 Å². The number of nitro benzene ring substituents is 1. The summed E-state index contributed by atoms with van der Waals surface area (Å²) in [7, 11) is 0. The molecule has 0 unspecified atom stereocenters. The van der Waals surface area contributed by atoms with Gasteiger partial charge in [-0.05, 0) is 29.8 Å². The van der Waals surface area contributed by atoms with E-state index in [4.69, 9.17) is 0 Å². The summed E-state index contributed by atoms with van der Waals surface area (Å²) in [5, 5.41) is 21.9. The van der Waals surface area contributed by atoms with E-state index in [-0.39, 0.29) is 22.2 Å². The molecule has 0 aliphatic heterocycles. The summed E-state index contributed by atoms with van der Waals surface area (Å²) >= 11 is 0.941. The van der Waals surface area contributed by atoms with Gasteiger partial charge in [-0.1, -0.05) is 48.5 Å². The van der Waals surface area contributed by atoms with Crippen LogP contribution >= 0.6 is 11.3 Å². The summed E-state index contributed by atoms with van der Waals surface area (Å²) in [6.45, 7) is 1.56. The van der Waals surface area contributed by atoms with Gasteiger partial charge in [-0.3, -0.25) is 14.9 Å². The van der Waals surface area contributed by atoms with Crippen LogP contribution in [0.4, 0.5) is 18.9 Å². The molecule has 2 aromatic heterocycles. The van der Waals surface area contributed by atoms with Crippen LogP contribution in [-0.2, 0) is 6.18 Å². The number of carbonyl (C=O) groups is 1. The molecule has 0 bridgehead atoms. The SMILES string of the molecule is C/C(=N\NC(=O)c1csc(-n2nc(C(F)(F)F)cc2-c2ccc3ccccc3c2)n1)c1cccc([N+](=O)[O-])c1. The largest absolute Gasteiger partial charge is 0.435 e. The number of carbonyl (C=O) groups excluding carboxylic acids is 1. The van der Waals surface area contributed by atoms with Crippen LogP contribution in [0, 0.1) is 10.1 Å². The fraction of sp³-hybridized carbons (Fsp3) is 0.0769. The third-order valence-electron chi connectivity index (χ3n) is 5.75.